The van der Waals surface area contributed by atoms with Crippen molar-refractivity contribution in [2.75, 3.05) is 0 Å². The van der Waals surface area contributed by atoms with Crippen molar-refractivity contribution in [3.05, 3.63) is 0 Å². The SMILES string of the molecule is O=[C]NC1(C2CC2)CC1. The standard InChI is InChI=1S/C7H10NO/c9-5-8-7(3-4-7)6-1-2-6/h6H,1-4H2,(H,8,9). The summed E-state index contributed by atoms with van der Waals surface area (Å²) in [7, 11) is 0. The zero-order valence-corrected chi connectivity index (χ0v) is 5.31. The van der Waals surface area contributed by atoms with Crippen LogP contribution in [0, 0.1) is 5.92 Å². The van der Waals surface area contributed by atoms with Gasteiger partial charge in [0, 0.05) is 5.54 Å². The molecule has 1 N–H and O–H groups in total. The monoisotopic (exact) mass is 124 g/mol. The zero-order valence-electron chi connectivity index (χ0n) is 5.31. The highest BCUT2D eigenvalue weighted by Crippen LogP contribution is 2.53. The van der Waals surface area contributed by atoms with E-state index >= 15 is 0 Å². The quantitative estimate of drug-likeness (QED) is 0.548. The third-order valence-corrected chi connectivity index (χ3v) is 2.45. The molecule has 49 valence electrons. The number of hydrogen-bond donors (Lipinski definition) is 1. The molecule has 0 aromatic heterocycles. The van der Waals surface area contributed by atoms with Gasteiger partial charge in [-0.25, -0.2) is 0 Å². The van der Waals surface area contributed by atoms with Gasteiger partial charge in [0.05, 0.1) is 0 Å². The summed E-state index contributed by atoms with van der Waals surface area (Å²) in [5.41, 5.74) is 0.238. The van der Waals surface area contributed by atoms with Crippen molar-refractivity contribution in [1.82, 2.24) is 5.32 Å². The molecular weight excluding hydrogens is 114 g/mol. The Bertz CT molecular complexity index is 136. The molecule has 0 atom stereocenters. The molecule has 2 saturated carbocycles. The van der Waals surface area contributed by atoms with Crippen LogP contribution in [0.5, 0.6) is 0 Å². The number of carbonyl (C=O) groups excluding carboxylic acids is 1. The molecule has 1 radical (unpaired) electrons. The Balaban J connectivity index is 1.96. The van der Waals surface area contributed by atoms with E-state index in [0.29, 0.717) is 0 Å². The third kappa shape index (κ3) is 0.732. The lowest BCUT2D eigenvalue weighted by molar-refractivity contribution is 0.480. The van der Waals surface area contributed by atoms with Crippen molar-refractivity contribution in [2.45, 2.75) is 31.2 Å². The Kier molecular flexibility index (Phi) is 0.875. The molecule has 0 saturated heterocycles. The van der Waals surface area contributed by atoms with Crippen LogP contribution in [-0.2, 0) is 4.79 Å². The third-order valence-electron chi connectivity index (χ3n) is 2.45. The number of hydrogen-bond acceptors (Lipinski definition) is 1. The minimum absolute atomic E-state index is 0.238. The van der Waals surface area contributed by atoms with E-state index < -0.39 is 0 Å². The highest BCUT2D eigenvalue weighted by atomic mass is 16.1. The van der Waals surface area contributed by atoms with Crippen LogP contribution in [-0.4, -0.2) is 11.9 Å². The summed E-state index contributed by atoms with van der Waals surface area (Å²) in [5.74, 6) is 0.805. The maximum absolute atomic E-state index is 9.96. The second-order valence-electron chi connectivity index (χ2n) is 3.16. The van der Waals surface area contributed by atoms with Crippen molar-refractivity contribution in [1.29, 1.82) is 0 Å². The van der Waals surface area contributed by atoms with Crippen LogP contribution >= 0.6 is 0 Å². The Labute approximate surface area is 54.6 Å². The van der Waals surface area contributed by atoms with E-state index in [1.54, 1.807) is 6.41 Å². The first kappa shape index (κ1) is 5.27. The first-order chi connectivity index (χ1) is 4.37. The van der Waals surface area contributed by atoms with Crippen LogP contribution in [0.1, 0.15) is 25.7 Å². The molecule has 2 rings (SSSR count). The first-order valence-corrected chi connectivity index (χ1v) is 3.52. The summed E-state index contributed by atoms with van der Waals surface area (Å²) in [5, 5.41) is 2.79. The fourth-order valence-electron chi connectivity index (χ4n) is 1.51. The van der Waals surface area contributed by atoms with Gasteiger partial charge in [-0.2, -0.15) is 0 Å². The highest BCUT2D eigenvalue weighted by Gasteiger charge is 2.53. The molecule has 0 unspecified atom stereocenters. The van der Waals surface area contributed by atoms with Gasteiger partial charge in [0.25, 0.3) is 0 Å². The summed E-state index contributed by atoms with van der Waals surface area (Å²) in [6, 6.07) is 0. The van der Waals surface area contributed by atoms with Crippen LogP contribution in [0.4, 0.5) is 0 Å². The molecule has 2 nitrogen and oxygen atoms in total. The van der Waals surface area contributed by atoms with Crippen molar-refractivity contribution >= 4 is 6.41 Å². The Morgan fingerprint density at radius 2 is 2.11 bits per heavy atom. The van der Waals surface area contributed by atoms with Gasteiger partial charge < -0.3 is 5.32 Å². The van der Waals surface area contributed by atoms with Crippen molar-refractivity contribution < 1.29 is 4.79 Å². The summed E-state index contributed by atoms with van der Waals surface area (Å²) in [6.07, 6.45) is 6.79. The van der Waals surface area contributed by atoms with Gasteiger partial charge in [-0.15, -0.1) is 0 Å². The summed E-state index contributed by atoms with van der Waals surface area (Å²) in [6.45, 7) is 0. The van der Waals surface area contributed by atoms with E-state index in [4.69, 9.17) is 0 Å². The number of amides is 1. The summed E-state index contributed by atoms with van der Waals surface area (Å²) >= 11 is 0. The Morgan fingerprint density at radius 3 is 2.44 bits per heavy atom. The lowest BCUT2D eigenvalue weighted by Crippen LogP contribution is -2.31. The molecule has 0 aromatic rings. The molecule has 2 aliphatic rings. The largest absolute Gasteiger partial charge is 0.342 e. The maximum atomic E-state index is 9.96. The molecule has 1 amide bonds. The molecule has 9 heavy (non-hydrogen) atoms. The van der Waals surface area contributed by atoms with E-state index in [9.17, 15) is 4.79 Å². The van der Waals surface area contributed by atoms with Crippen molar-refractivity contribution in [3.63, 3.8) is 0 Å². The van der Waals surface area contributed by atoms with Gasteiger partial charge in [0.1, 0.15) is 0 Å². The van der Waals surface area contributed by atoms with Crippen LogP contribution < -0.4 is 5.32 Å². The Morgan fingerprint density at radius 1 is 1.44 bits per heavy atom. The number of nitrogens with one attached hydrogen (secondary N) is 1. The zero-order chi connectivity index (χ0) is 6.32. The van der Waals surface area contributed by atoms with Gasteiger partial charge in [-0.3, -0.25) is 4.79 Å². The average Bonchev–Trinajstić information content (AvgIpc) is 2.61. The van der Waals surface area contributed by atoms with Crippen LogP contribution in [0.3, 0.4) is 0 Å². The molecule has 2 heteroatoms. The minimum Gasteiger partial charge on any atom is -0.342 e. The molecule has 2 aliphatic carbocycles. The summed E-state index contributed by atoms with van der Waals surface area (Å²) in [4.78, 5) is 9.96. The van der Waals surface area contributed by atoms with Gasteiger partial charge >= 0.3 is 6.41 Å². The maximum Gasteiger partial charge on any atom is 0.309 e. The van der Waals surface area contributed by atoms with Gasteiger partial charge in [0.15, 0.2) is 0 Å². The van der Waals surface area contributed by atoms with Crippen LogP contribution in [0.25, 0.3) is 0 Å². The predicted molar refractivity (Wildman–Crippen MR) is 33.5 cm³/mol. The van der Waals surface area contributed by atoms with Crippen molar-refractivity contribution in [2.24, 2.45) is 5.92 Å². The Hall–Kier alpha value is -0.530. The normalized spacial score (nSPS) is 29.3. The molecule has 0 aliphatic heterocycles. The van der Waals surface area contributed by atoms with Gasteiger partial charge in [0.2, 0.25) is 0 Å². The van der Waals surface area contributed by atoms with Gasteiger partial charge in [-0.1, -0.05) is 0 Å². The van der Waals surface area contributed by atoms with Crippen molar-refractivity contribution in [3.8, 4) is 0 Å². The smallest absolute Gasteiger partial charge is 0.309 e. The molecule has 0 spiro atoms. The fourth-order valence-corrected chi connectivity index (χ4v) is 1.51. The first-order valence-electron chi connectivity index (χ1n) is 3.52. The molecule has 0 heterocycles. The van der Waals surface area contributed by atoms with E-state index in [-0.39, 0.29) is 5.54 Å². The molecule has 0 aromatic carbocycles. The average molecular weight is 124 g/mol. The predicted octanol–water partition coefficient (Wildman–Crippen LogP) is 0.586. The molecular formula is C7H10NO. The number of rotatable bonds is 3. The minimum atomic E-state index is 0.238. The lowest BCUT2D eigenvalue weighted by Gasteiger charge is -2.09. The molecule has 2 fully saturated rings. The summed E-state index contributed by atoms with van der Waals surface area (Å²) < 4.78 is 0. The second-order valence-corrected chi connectivity index (χ2v) is 3.16. The van der Waals surface area contributed by atoms with E-state index in [2.05, 4.69) is 5.32 Å². The highest BCUT2D eigenvalue weighted by molar-refractivity contribution is 5.50. The lowest BCUT2D eigenvalue weighted by atomic mass is 10.1. The van der Waals surface area contributed by atoms with Crippen LogP contribution in [0.15, 0.2) is 0 Å². The second kappa shape index (κ2) is 1.49. The van der Waals surface area contributed by atoms with Gasteiger partial charge in [-0.05, 0) is 31.6 Å². The van der Waals surface area contributed by atoms with E-state index in [1.165, 1.54) is 25.7 Å². The topological polar surface area (TPSA) is 29.1 Å². The van der Waals surface area contributed by atoms with Crippen LogP contribution in [0.2, 0.25) is 0 Å². The van der Waals surface area contributed by atoms with E-state index in [1.807, 2.05) is 0 Å². The fraction of sp³-hybridized carbons (Fsp3) is 0.857. The molecule has 0 bridgehead atoms. The van der Waals surface area contributed by atoms with E-state index in [0.717, 1.165) is 5.92 Å².